The van der Waals surface area contributed by atoms with Gasteiger partial charge in [0.1, 0.15) is 11.6 Å². The summed E-state index contributed by atoms with van der Waals surface area (Å²) in [6.07, 6.45) is 1.86. The van der Waals surface area contributed by atoms with Crippen LogP contribution in [0.4, 0.5) is 0 Å². The molecule has 0 N–H and O–H groups in total. The molecule has 6 heteroatoms. The zero-order valence-corrected chi connectivity index (χ0v) is 17.2. The lowest BCUT2D eigenvalue weighted by atomic mass is 10.1. The molecule has 1 fully saturated rings. The van der Waals surface area contributed by atoms with E-state index in [1.165, 1.54) is 0 Å². The summed E-state index contributed by atoms with van der Waals surface area (Å²) < 4.78 is 7.14. The van der Waals surface area contributed by atoms with Crippen molar-refractivity contribution in [1.82, 2.24) is 14.5 Å². The topological polar surface area (TPSA) is 64.4 Å². The van der Waals surface area contributed by atoms with Crippen LogP contribution in [0.15, 0.2) is 47.3 Å². The molecule has 0 radical (unpaired) electrons. The number of para-hydroxylation sites is 1. The van der Waals surface area contributed by atoms with Crippen molar-refractivity contribution >= 4 is 16.8 Å². The normalized spacial score (nSPS) is 14.6. The van der Waals surface area contributed by atoms with E-state index in [0.717, 1.165) is 18.4 Å². The zero-order valence-electron chi connectivity index (χ0n) is 17.2. The average Bonchev–Trinajstić information content (AvgIpc) is 3.57. The molecule has 1 aromatic heterocycles. The maximum atomic E-state index is 13.5. The number of aryl methyl sites for hydroxylation is 1. The lowest BCUT2D eigenvalue weighted by Gasteiger charge is -2.27. The molecule has 0 saturated heterocycles. The Kier molecular flexibility index (Phi) is 4.86. The van der Waals surface area contributed by atoms with Gasteiger partial charge in [-0.15, -0.1) is 0 Å². The molecular weight excluding hydrogens is 366 g/mol. The summed E-state index contributed by atoms with van der Waals surface area (Å²) in [6.45, 7) is 3.88. The molecule has 1 aliphatic rings. The number of carbonyl (C=O) groups is 1. The fraction of sp³-hybridized carbons (Fsp3) is 0.348. The van der Waals surface area contributed by atoms with Gasteiger partial charge in [0.15, 0.2) is 0 Å². The second-order valence-electron chi connectivity index (χ2n) is 7.70. The van der Waals surface area contributed by atoms with Crippen LogP contribution in [0.5, 0.6) is 5.75 Å². The summed E-state index contributed by atoms with van der Waals surface area (Å²) in [4.78, 5) is 32.7. The molecule has 150 valence electrons. The SMILES string of the molecule is COc1ccc(C)cc1-n1c(C(C)N(C)C(=O)C2CC2)nc2ccccc2c1=O. The largest absolute Gasteiger partial charge is 0.495 e. The van der Waals surface area contributed by atoms with E-state index in [2.05, 4.69) is 0 Å². The highest BCUT2D eigenvalue weighted by Crippen LogP contribution is 2.34. The van der Waals surface area contributed by atoms with Crippen molar-refractivity contribution in [3.05, 3.63) is 64.2 Å². The molecule has 4 rings (SSSR count). The van der Waals surface area contributed by atoms with E-state index < -0.39 is 0 Å². The fourth-order valence-electron chi connectivity index (χ4n) is 3.62. The van der Waals surface area contributed by atoms with E-state index in [9.17, 15) is 9.59 Å². The standard InChI is InChI=1S/C23H25N3O3/c1-14-9-12-20(29-4)19(13-14)26-21(15(2)25(3)22(27)16-10-11-16)24-18-8-6-5-7-17(18)23(26)28/h5-9,12-13,15-16H,10-11H2,1-4H3. The smallest absolute Gasteiger partial charge is 0.266 e. The Morgan fingerprint density at radius 1 is 1.24 bits per heavy atom. The third-order valence-corrected chi connectivity index (χ3v) is 5.61. The quantitative estimate of drug-likeness (QED) is 0.666. The molecule has 0 aliphatic heterocycles. The van der Waals surface area contributed by atoms with Crippen LogP contribution in [0, 0.1) is 12.8 Å². The van der Waals surface area contributed by atoms with Gasteiger partial charge < -0.3 is 9.64 Å². The molecule has 2 aromatic carbocycles. The minimum absolute atomic E-state index is 0.0941. The fourth-order valence-corrected chi connectivity index (χ4v) is 3.62. The number of hydrogen-bond acceptors (Lipinski definition) is 4. The molecule has 0 bridgehead atoms. The van der Waals surface area contributed by atoms with Gasteiger partial charge in [0.25, 0.3) is 5.56 Å². The van der Waals surface area contributed by atoms with Gasteiger partial charge in [-0.1, -0.05) is 18.2 Å². The van der Waals surface area contributed by atoms with Crippen LogP contribution in [-0.4, -0.2) is 34.5 Å². The summed E-state index contributed by atoms with van der Waals surface area (Å²) >= 11 is 0. The number of methoxy groups -OCH3 is 1. The number of ether oxygens (including phenoxy) is 1. The average molecular weight is 391 g/mol. The van der Waals surface area contributed by atoms with Gasteiger partial charge in [-0.3, -0.25) is 14.2 Å². The number of rotatable bonds is 5. The highest BCUT2D eigenvalue weighted by molar-refractivity contribution is 5.81. The number of fused-ring (bicyclic) bond motifs is 1. The Bertz CT molecular complexity index is 1150. The number of amides is 1. The Balaban J connectivity index is 1.98. The zero-order chi connectivity index (χ0) is 20.7. The number of aromatic nitrogens is 2. The summed E-state index contributed by atoms with van der Waals surface area (Å²) in [6, 6.07) is 12.6. The second-order valence-corrected chi connectivity index (χ2v) is 7.70. The maximum Gasteiger partial charge on any atom is 0.266 e. The van der Waals surface area contributed by atoms with Gasteiger partial charge in [0, 0.05) is 13.0 Å². The molecule has 1 aliphatic carbocycles. The van der Waals surface area contributed by atoms with E-state index >= 15 is 0 Å². The van der Waals surface area contributed by atoms with Crippen LogP contribution in [0.1, 0.15) is 37.2 Å². The molecule has 1 saturated carbocycles. The third-order valence-electron chi connectivity index (χ3n) is 5.61. The number of carbonyl (C=O) groups excluding carboxylic acids is 1. The molecule has 29 heavy (non-hydrogen) atoms. The van der Waals surface area contributed by atoms with Crippen molar-refractivity contribution in [1.29, 1.82) is 0 Å². The minimum Gasteiger partial charge on any atom is -0.495 e. The van der Waals surface area contributed by atoms with Crippen molar-refractivity contribution in [2.24, 2.45) is 5.92 Å². The first-order valence-electron chi connectivity index (χ1n) is 9.85. The van der Waals surface area contributed by atoms with Crippen molar-refractivity contribution in [2.75, 3.05) is 14.2 Å². The van der Waals surface area contributed by atoms with Crippen LogP contribution in [0.2, 0.25) is 0 Å². The van der Waals surface area contributed by atoms with E-state index in [1.54, 1.807) is 29.7 Å². The molecule has 1 heterocycles. The van der Waals surface area contributed by atoms with Crippen LogP contribution in [-0.2, 0) is 4.79 Å². The van der Waals surface area contributed by atoms with Crippen LogP contribution in [0.3, 0.4) is 0 Å². The van der Waals surface area contributed by atoms with Gasteiger partial charge in [-0.2, -0.15) is 0 Å². The van der Waals surface area contributed by atoms with E-state index in [4.69, 9.17) is 9.72 Å². The Morgan fingerprint density at radius 2 is 1.97 bits per heavy atom. The van der Waals surface area contributed by atoms with Crippen molar-refractivity contribution in [2.45, 2.75) is 32.7 Å². The molecular formula is C23H25N3O3. The lowest BCUT2D eigenvalue weighted by Crippen LogP contribution is -2.35. The second kappa shape index (κ2) is 7.35. The van der Waals surface area contributed by atoms with E-state index in [1.807, 2.05) is 50.2 Å². The van der Waals surface area contributed by atoms with E-state index in [-0.39, 0.29) is 23.4 Å². The Labute approximate surface area is 169 Å². The molecule has 1 unspecified atom stereocenters. The molecule has 1 amide bonds. The Hall–Kier alpha value is -3.15. The summed E-state index contributed by atoms with van der Waals surface area (Å²) in [5, 5.41) is 0.531. The summed E-state index contributed by atoms with van der Waals surface area (Å²) in [5.74, 6) is 1.30. The molecule has 1 atom stereocenters. The van der Waals surface area contributed by atoms with Crippen LogP contribution >= 0.6 is 0 Å². The Morgan fingerprint density at radius 3 is 2.66 bits per heavy atom. The van der Waals surface area contributed by atoms with E-state index in [0.29, 0.717) is 28.2 Å². The summed E-state index contributed by atoms with van der Waals surface area (Å²) in [7, 11) is 3.37. The van der Waals surface area contributed by atoms with Gasteiger partial charge in [-0.25, -0.2) is 4.98 Å². The predicted octanol–water partition coefficient (Wildman–Crippen LogP) is 3.63. The first-order valence-corrected chi connectivity index (χ1v) is 9.85. The van der Waals surface area contributed by atoms with Gasteiger partial charge in [0.2, 0.25) is 5.91 Å². The van der Waals surface area contributed by atoms with Crippen molar-refractivity contribution in [3.63, 3.8) is 0 Å². The highest BCUT2D eigenvalue weighted by Gasteiger charge is 2.35. The van der Waals surface area contributed by atoms with Crippen LogP contribution < -0.4 is 10.3 Å². The molecule has 3 aromatic rings. The van der Waals surface area contributed by atoms with Gasteiger partial charge >= 0.3 is 0 Å². The lowest BCUT2D eigenvalue weighted by molar-refractivity contribution is -0.133. The minimum atomic E-state index is -0.370. The highest BCUT2D eigenvalue weighted by atomic mass is 16.5. The summed E-state index contributed by atoms with van der Waals surface area (Å²) in [5.41, 5.74) is 2.08. The van der Waals surface area contributed by atoms with Crippen LogP contribution in [0.25, 0.3) is 16.6 Å². The number of benzene rings is 2. The molecule has 6 nitrogen and oxygen atoms in total. The van der Waals surface area contributed by atoms with Gasteiger partial charge in [-0.05, 0) is 56.5 Å². The van der Waals surface area contributed by atoms with Gasteiger partial charge in [0.05, 0.1) is 29.7 Å². The first-order chi connectivity index (χ1) is 13.9. The monoisotopic (exact) mass is 391 g/mol. The number of hydrogen-bond donors (Lipinski definition) is 0. The number of nitrogens with zero attached hydrogens (tertiary/aromatic N) is 3. The maximum absolute atomic E-state index is 13.5. The van der Waals surface area contributed by atoms with Crippen molar-refractivity contribution in [3.8, 4) is 11.4 Å². The third kappa shape index (κ3) is 3.39. The molecule has 0 spiro atoms. The first kappa shape index (κ1) is 19.2. The predicted molar refractivity (Wildman–Crippen MR) is 113 cm³/mol. The van der Waals surface area contributed by atoms with Crippen molar-refractivity contribution < 1.29 is 9.53 Å².